The lowest BCUT2D eigenvalue weighted by Gasteiger charge is -2.12. The van der Waals surface area contributed by atoms with Gasteiger partial charge in [0.1, 0.15) is 11.6 Å². The molecule has 0 saturated heterocycles. The third-order valence-corrected chi connectivity index (χ3v) is 2.14. The van der Waals surface area contributed by atoms with E-state index in [2.05, 4.69) is 0 Å². The Balaban J connectivity index is 3.08. The number of aliphatic carboxylic acids is 1. The Kier molecular flexibility index (Phi) is 3.49. The van der Waals surface area contributed by atoms with Crippen molar-refractivity contribution < 1.29 is 19.4 Å². The number of carboxylic acid groups (broad SMARTS) is 1. The molecular weight excluding hydrogens is 225 g/mol. The Morgan fingerprint density at radius 1 is 1.60 bits per heavy atom. The van der Waals surface area contributed by atoms with Gasteiger partial charge < -0.3 is 15.9 Å². The lowest BCUT2D eigenvalue weighted by atomic mass is 10.0. The second-order valence-electron chi connectivity index (χ2n) is 3.03. The van der Waals surface area contributed by atoms with Gasteiger partial charge in [-0.25, -0.2) is 4.39 Å². The molecule has 0 heterocycles. The first-order chi connectivity index (χ1) is 6.91. The van der Waals surface area contributed by atoms with E-state index in [1.807, 2.05) is 0 Å². The fourth-order valence-electron chi connectivity index (χ4n) is 1.22. The SMILES string of the molecule is NC(CC(=O)O)c1c(F)cc(O)cc1Cl. The second-order valence-corrected chi connectivity index (χ2v) is 3.43. The molecule has 0 aliphatic rings. The van der Waals surface area contributed by atoms with Gasteiger partial charge in [0.05, 0.1) is 11.4 Å². The standard InChI is InChI=1S/C9H9ClFNO3/c10-5-1-4(13)2-6(11)9(5)7(12)3-8(14)15/h1-2,7,13H,3,12H2,(H,14,15). The predicted octanol–water partition coefficient (Wildman–Crippen LogP) is 1.66. The van der Waals surface area contributed by atoms with Gasteiger partial charge in [0.25, 0.3) is 0 Å². The number of aromatic hydroxyl groups is 1. The third kappa shape index (κ3) is 2.81. The first-order valence-electron chi connectivity index (χ1n) is 4.07. The van der Waals surface area contributed by atoms with Crippen LogP contribution < -0.4 is 5.73 Å². The Labute approximate surface area is 90.1 Å². The van der Waals surface area contributed by atoms with Crippen molar-refractivity contribution in [3.8, 4) is 5.75 Å². The van der Waals surface area contributed by atoms with Gasteiger partial charge in [-0.3, -0.25) is 4.79 Å². The maximum atomic E-state index is 13.3. The summed E-state index contributed by atoms with van der Waals surface area (Å²) in [5, 5.41) is 17.4. The molecule has 0 radical (unpaired) electrons. The molecule has 0 aromatic heterocycles. The van der Waals surface area contributed by atoms with E-state index in [1.54, 1.807) is 0 Å². The zero-order valence-electron chi connectivity index (χ0n) is 7.58. The van der Waals surface area contributed by atoms with Crippen LogP contribution in [-0.4, -0.2) is 16.2 Å². The Morgan fingerprint density at radius 3 is 2.67 bits per heavy atom. The van der Waals surface area contributed by atoms with Crippen LogP contribution in [0.25, 0.3) is 0 Å². The van der Waals surface area contributed by atoms with Gasteiger partial charge in [-0.2, -0.15) is 0 Å². The quantitative estimate of drug-likeness (QED) is 0.741. The lowest BCUT2D eigenvalue weighted by Crippen LogP contribution is -2.16. The molecule has 1 aromatic rings. The summed E-state index contributed by atoms with van der Waals surface area (Å²) in [6, 6.07) is 0.917. The molecule has 0 fully saturated rings. The first kappa shape index (κ1) is 11.7. The van der Waals surface area contributed by atoms with Crippen LogP contribution in [-0.2, 0) is 4.79 Å². The van der Waals surface area contributed by atoms with E-state index in [9.17, 15) is 9.18 Å². The summed E-state index contributed by atoms with van der Waals surface area (Å²) in [4.78, 5) is 10.4. The molecule has 0 amide bonds. The minimum absolute atomic E-state index is 0.0822. The number of rotatable bonds is 3. The monoisotopic (exact) mass is 233 g/mol. The van der Waals surface area contributed by atoms with Crippen molar-refractivity contribution in [1.82, 2.24) is 0 Å². The van der Waals surface area contributed by atoms with Crippen LogP contribution in [0, 0.1) is 5.82 Å². The Morgan fingerprint density at radius 2 is 2.20 bits per heavy atom. The van der Waals surface area contributed by atoms with Gasteiger partial charge in [-0.15, -0.1) is 0 Å². The predicted molar refractivity (Wildman–Crippen MR) is 52.3 cm³/mol. The van der Waals surface area contributed by atoms with Crippen LogP contribution in [0.15, 0.2) is 12.1 Å². The Hall–Kier alpha value is -1.33. The minimum Gasteiger partial charge on any atom is -0.508 e. The third-order valence-electron chi connectivity index (χ3n) is 1.83. The van der Waals surface area contributed by atoms with E-state index in [0.29, 0.717) is 0 Å². The van der Waals surface area contributed by atoms with E-state index in [0.717, 1.165) is 12.1 Å². The van der Waals surface area contributed by atoms with Crippen molar-refractivity contribution in [2.75, 3.05) is 0 Å². The molecule has 0 bridgehead atoms. The molecule has 4 nitrogen and oxygen atoms in total. The average Bonchev–Trinajstić information content (AvgIpc) is 1.99. The topological polar surface area (TPSA) is 83.6 Å². The van der Waals surface area contributed by atoms with Crippen LogP contribution in [0.4, 0.5) is 4.39 Å². The van der Waals surface area contributed by atoms with Crippen LogP contribution >= 0.6 is 11.6 Å². The van der Waals surface area contributed by atoms with Gasteiger partial charge >= 0.3 is 5.97 Å². The molecule has 1 unspecified atom stereocenters. The first-order valence-corrected chi connectivity index (χ1v) is 4.45. The molecule has 6 heteroatoms. The number of nitrogens with two attached hydrogens (primary N) is 1. The molecule has 1 atom stereocenters. The lowest BCUT2D eigenvalue weighted by molar-refractivity contribution is -0.137. The van der Waals surface area contributed by atoms with E-state index in [1.165, 1.54) is 0 Å². The highest BCUT2D eigenvalue weighted by atomic mass is 35.5. The molecule has 1 rings (SSSR count). The summed E-state index contributed by atoms with van der Waals surface area (Å²) < 4.78 is 13.3. The number of carboxylic acids is 1. The molecule has 15 heavy (non-hydrogen) atoms. The molecule has 0 spiro atoms. The number of phenols is 1. The van der Waals surface area contributed by atoms with Crippen LogP contribution in [0.3, 0.4) is 0 Å². The summed E-state index contributed by atoms with van der Waals surface area (Å²) in [7, 11) is 0. The van der Waals surface area contributed by atoms with Crippen LogP contribution in [0.2, 0.25) is 5.02 Å². The zero-order valence-corrected chi connectivity index (χ0v) is 8.33. The fourth-order valence-corrected chi connectivity index (χ4v) is 1.56. The highest BCUT2D eigenvalue weighted by molar-refractivity contribution is 6.31. The molecule has 0 aliphatic carbocycles. The van der Waals surface area contributed by atoms with Gasteiger partial charge in [0.15, 0.2) is 0 Å². The number of hydrogen-bond acceptors (Lipinski definition) is 3. The normalized spacial score (nSPS) is 12.5. The van der Waals surface area contributed by atoms with Gasteiger partial charge in [-0.05, 0) is 6.07 Å². The maximum absolute atomic E-state index is 13.3. The highest BCUT2D eigenvalue weighted by Gasteiger charge is 2.19. The van der Waals surface area contributed by atoms with Crippen LogP contribution in [0.1, 0.15) is 18.0 Å². The molecular formula is C9H9ClFNO3. The summed E-state index contributed by atoms with van der Waals surface area (Å²) in [6.45, 7) is 0. The average molecular weight is 234 g/mol. The minimum atomic E-state index is -1.15. The van der Waals surface area contributed by atoms with Crippen LogP contribution in [0.5, 0.6) is 5.75 Å². The summed E-state index contributed by atoms with van der Waals surface area (Å²) in [5.74, 6) is -2.29. The van der Waals surface area contributed by atoms with E-state index >= 15 is 0 Å². The second kappa shape index (κ2) is 4.46. The molecule has 0 saturated carbocycles. The summed E-state index contributed by atoms with van der Waals surface area (Å²) in [6.07, 6.45) is -0.429. The van der Waals surface area contributed by atoms with Gasteiger partial charge in [-0.1, -0.05) is 11.6 Å². The van der Waals surface area contributed by atoms with Crippen molar-refractivity contribution in [1.29, 1.82) is 0 Å². The summed E-state index contributed by atoms with van der Waals surface area (Å²) in [5.41, 5.74) is 5.36. The number of benzene rings is 1. The largest absolute Gasteiger partial charge is 0.508 e. The van der Waals surface area contributed by atoms with E-state index < -0.39 is 24.2 Å². The van der Waals surface area contributed by atoms with E-state index in [-0.39, 0.29) is 16.3 Å². The molecule has 82 valence electrons. The number of hydrogen-bond donors (Lipinski definition) is 3. The van der Waals surface area contributed by atoms with Crippen molar-refractivity contribution in [3.63, 3.8) is 0 Å². The fraction of sp³-hybridized carbons (Fsp3) is 0.222. The summed E-state index contributed by atoms with van der Waals surface area (Å²) >= 11 is 5.64. The zero-order chi connectivity index (χ0) is 11.6. The number of halogens is 2. The number of carbonyl (C=O) groups is 1. The van der Waals surface area contributed by atoms with Crippen molar-refractivity contribution >= 4 is 17.6 Å². The number of phenolic OH excluding ortho intramolecular Hbond substituents is 1. The van der Waals surface area contributed by atoms with Crippen molar-refractivity contribution in [3.05, 3.63) is 28.5 Å². The Bertz CT molecular complexity index is 374. The van der Waals surface area contributed by atoms with Crippen molar-refractivity contribution in [2.24, 2.45) is 5.73 Å². The van der Waals surface area contributed by atoms with Gasteiger partial charge in [0, 0.05) is 17.7 Å². The highest BCUT2D eigenvalue weighted by Crippen LogP contribution is 2.30. The van der Waals surface area contributed by atoms with Crippen molar-refractivity contribution in [2.45, 2.75) is 12.5 Å². The van der Waals surface area contributed by atoms with Gasteiger partial charge in [0.2, 0.25) is 0 Å². The molecule has 1 aromatic carbocycles. The molecule has 0 aliphatic heterocycles. The van der Waals surface area contributed by atoms with E-state index in [4.69, 9.17) is 27.5 Å². The maximum Gasteiger partial charge on any atom is 0.305 e. The smallest absolute Gasteiger partial charge is 0.305 e. The molecule has 4 N–H and O–H groups in total.